The van der Waals surface area contributed by atoms with E-state index < -0.39 is 0 Å². The third-order valence-corrected chi connectivity index (χ3v) is 9.89. The largest absolute Gasteiger partial charge is 0.317 e. The standard InChI is InChI=1S/C44H25N5/c1-46-35-26-42(47-36-20-8-2-14-28(36)29-15-3-9-21-37(29)47)34(27-45)43(48-38-22-10-4-16-30(38)31-17-5-11-23-39(31)48)44(35)49-40-24-12-6-18-32(40)33-19-7-13-25-41(33)49/h2-26H. The molecular weight excluding hydrogens is 599 g/mol. The van der Waals surface area contributed by atoms with Gasteiger partial charge in [0.1, 0.15) is 6.07 Å². The Morgan fingerprint density at radius 1 is 0.429 bits per heavy atom. The molecule has 0 bridgehead atoms. The number of hydrogen-bond acceptors (Lipinski definition) is 1. The van der Waals surface area contributed by atoms with Crippen LogP contribution < -0.4 is 0 Å². The Hall–Kier alpha value is -7.08. The minimum Gasteiger partial charge on any atom is -0.317 e. The van der Waals surface area contributed by atoms with Crippen molar-refractivity contribution in [1.29, 1.82) is 5.26 Å². The minimum absolute atomic E-state index is 0.458. The first-order valence-electron chi connectivity index (χ1n) is 16.2. The van der Waals surface area contributed by atoms with Crippen LogP contribution in [-0.2, 0) is 0 Å². The van der Waals surface area contributed by atoms with E-state index >= 15 is 0 Å². The lowest BCUT2D eigenvalue weighted by Crippen LogP contribution is -2.10. The molecule has 0 saturated heterocycles. The second-order valence-corrected chi connectivity index (χ2v) is 12.3. The number of rotatable bonds is 3. The average molecular weight is 624 g/mol. The number of fused-ring (bicyclic) bond motifs is 9. The van der Waals surface area contributed by atoms with E-state index in [-0.39, 0.29) is 0 Å². The fourth-order valence-electron chi connectivity index (χ4n) is 7.95. The van der Waals surface area contributed by atoms with Crippen molar-refractivity contribution in [3.63, 3.8) is 0 Å². The number of benzene rings is 7. The molecule has 0 radical (unpaired) electrons. The molecule has 226 valence electrons. The summed E-state index contributed by atoms with van der Waals surface area (Å²) in [6.45, 7) is 8.74. The molecule has 10 aromatic rings. The molecule has 5 nitrogen and oxygen atoms in total. The Morgan fingerprint density at radius 2 is 0.735 bits per heavy atom. The van der Waals surface area contributed by atoms with E-state index in [1.54, 1.807) is 0 Å². The maximum atomic E-state index is 11.4. The van der Waals surface area contributed by atoms with Gasteiger partial charge in [-0.3, -0.25) is 0 Å². The van der Waals surface area contributed by atoms with Gasteiger partial charge in [-0.2, -0.15) is 5.26 Å². The van der Waals surface area contributed by atoms with Gasteiger partial charge in [-0.15, -0.1) is 0 Å². The molecule has 0 spiro atoms. The van der Waals surface area contributed by atoms with E-state index in [1.807, 2.05) is 54.6 Å². The molecule has 0 aliphatic heterocycles. The highest BCUT2D eigenvalue weighted by Crippen LogP contribution is 2.46. The monoisotopic (exact) mass is 623 g/mol. The third kappa shape index (κ3) is 3.62. The van der Waals surface area contributed by atoms with Crippen molar-refractivity contribution in [3.8, 4) is 23.1 Å². The highest BCUT2D eigenvalue weighted by Gasteiger charge is 2.28. The van der Waals surface area contributed by atoms with Crippen LogP contribution in [0.2, 0.25) is 0 Å². The molecule has 3 aromatic heterocycles. The predicted molar refractivity (Wildman–Crippen MR) is 200 cm³/mol. The van der Waals surface area contributed by atoms with E-state index in [0.29, 0.717) is 28.3 Å². The van der Waals surface area contributed by atoms with Crippen LogP contribution in [0.25, 0.3) is 87.3 Å². The summed E-state index contributed by atoms with van der Waals surface area (Å²) in [5.74, 6) is 0. The normalized spacial score (nSPS) is 11.6. The Labute approximate surface area is 281 Å². The highest BCUT2D eigenvalue weighted by atomic mass is 15.1. The zero-order valence-corrected chi connectivity index (χ0v) is 26.2. The first kappa shape index (κ1) is 27.1. The smallest absolute Gasteiger partial charge is 0.214 e. The molecule has 3 heterocycles. The predicted octanol–water partition coefficient (Wildman–Crippen LogP) is 11.4. The minimum atomic E-state index is 0.458. The molecule has 49 heavy (non-hydrogen) atoms. The summed E-state index contributed by atoms with van der Waals surface area (Å²) in [6.07, 6.45) is 0. The molecule has 0 atom stereocenters. The van der Waals surface area contributed by atoms with Crippen molar-refractivity contribution in [2.45, 2.75) is 0 Å². The van der Waals surface area contributed by atoms with Crippen LogP contribution in [0.5, 0.6) is 0 Å². The quantitative estimate of drug-likeness (QED) is 0.181. The lowest BCUT2D eigenvalue weighted by atomic mass is 10.0. The van der Waals surface area contributed by atoms with Crippen molar-refractivity contribution < 1.29 is 0 Å². The maximum absolute atomic E-state index is 11.4. The first-order chi connectivity index (χ1) is 24.3. The molecular formula is C44H25N5. The molecule has 0 fully saturated rings. The number of para-hydroxylation sites is 6. The van der Waals surface area contributed by atoms with Crippen LogP contribution in [0.15, 0.2) is 152 Å². The van der Waals surface area contributed by atoms with Gasteiger partial charge in [-0.05, 0) is 42.5 Å². The summed E-state index contributed by atoms with van der Waals surface area (Å²) in [7, 11) is 0. The van der Waals surface area contributed by atoms with Gasteiger partial charge in [0.2, 0.25) is 5.69 Å². The maximum Gasteiger partial charge on any atom is 0.214 e. The molecule has 0 amide bonds. The zero-order chi connectivity index (χ0) is 32.6. The van der Waals surface area contributed by atoms with Crippen LogP contribution in [0.3, 0.4) is 0 Å². The number of nitrogens with zero attached hydrogens (tertiary/aromatic N) is 5. The van der Waals surface area contributed by atoms with Gasteiger partial charge >= 0.3 is 0 Å². The van der Waals surface area contributed by atoms with Crippen molar-refractivity contribution in [2.75, 3.05) is 0 Å². The Kier molecular flexibility index (Phi) is 5.64. The van der Waals surface area contributed by atoms with Gasteiger partial charge in [0, 0.05) is 32.3 Å². The molecule has 5 heteroatoms. The van der Waals surface area contributed by atoms with Crippen LogP contribution in [0, 0.1) is 17.9 Å². The van der Waals surface area contributed by atoms with Gasteiger partial charge in [0.15, 0.2) is 0 Å². The molecule has 0 aliphatic carbocycles. The van der Waals surface area contributed by atoms with E-state index in [0.717, 1.165) is 65.4 Å². The van der Waals surface area contributed by atoms with Gasteiger partial charge in [-0.1, -0.05) is 109 Å². The van der Waals surface area contributed by atoms with Gasteiger partial charge in [0.05, 0.1) is 62.3 Å². The summed E-state index contributed by atoms with van der Waals surface area (Å²) < 4.78 is 6.55. The fraction of sp³-hybridized carbons (Fsp3) is 0. The third-order valence-electron chi connectivity index (χ3n) is 9.89. The Bertz CT molecular complexity index is 2920. The summed E-state index contributed by atoms with van der Waals surface area (Å²) in [5, 5.41) is 18.0. The van der Waals surface area contributed by atoms with Crippen molar-refractivity contribution in [3.05, 3.63) is 169 Å². The second kappa shape index (κ2) is 10.2. The van der Waals surface area contributed by atoms with E-state index in [2.05, 4.69) is 122 Å². The van der Waals surface area contributed by atoms with Crippen LogP contribution in [0.4, 0.5) is 5.69 Å². The molecule has 0 unspecified atom stereocenters. The average Bonchev–Trinajstić information content (AvgIpc) is 3.80. The number of hydrogen-bond donors (Lipinski definition) is 0. The van der Waals surface area contributed by atoms with Crippen LogP contribution >= 0.6 is 0 Å². The van der Waals surface area contributed by atoms with Crippen molar-refractivity contribution in [2.24, 2.45) is 0 Å². The number of aromatic nitrogens is 3. The van der Waals surface area contributed by atoms with E-state index in [4.69, 9.17) is 6.57 Å². The molecule has 7 aromatic carbocycles. The second-order valence-electron chi connectivity index (χ2n) is 12.3. The zero-order valence-electron chi connectivity index (χ0n) is 26.2. The van der Waals surface area contributed by atoms with Crippen LogP contribution in [-0.4, -0.2) is 13.7 Å². The van der Waals surface area contributed by atoms with Crippen LogP contribution in [0.1, 0.15) is 5.56 Å². The van der Waals surface area contributed by atoms with Crippen molar-refractivity contribution >= 4 is 71.1 Å². The lowest BCUT2D eigenvalue weighted by Gasteiger charge is -2.23. The fourth-order valence-corrected chi connectivity index (χ4v) is 7.95. The highest BCUT2D eigenvalue weighted by molar-refractivity contribution is 6.14. The number of nitriles is 1. The van der Waals surface area contributed by atoms with Gasteiger partial charge in [0.25, 0.3) is 0 Å². The summed E-state index contributed by atoms with van der Waals surface area (Å²) in [4.78, 5) is 4.27. The van der Waals surface area contributed by atoms with E-state index in [1.165, 1.54) is 0 Å². The SMILES string of the molecule is [C-]#[N+]c1cc(-n2c3ccccc3c3ccccc32)c(C#N)c(-n2c3ccccc3c3ccccc32)c1-n1c2ccccc2c2ccccc21. The van der Waals surface area contributed by atoms with Crippen molar-refractivity contribution in [1.82, 2.24) is 13.7 Å². The topological polar surface area (TPSA) is 42.9 Å². The Balaban J connectivity index is 1.49. The summed E-state index contributed by atoms with van der Waals surface area (Å²) in [6, 6.07) is 54.5. The Morgan fingerprint density at radius 3 is 1.06 bits per heavy atom. The van der Waals surface area contributed by atoms with Gasteiger partial charge in [-0.25, -0.2) is 4.85 Å². The molecule has 10 rings (SSSR count). The molecule has 0 N–H and O–H groups in total. The molecule has 0 aliphatic rings. The lowest BCUT2D eigenvalue weighted by molar-refractivity contribution is 1.07. The van der Waals surface area contributed by atoms with Gasteiger partial charge < -0.3 is 13.7 Å². The first-order valence-corrected chi connectivity index (χ1v) is 16.2. The summed E-state index contributed by atoms with van der Waals surface area (Å²) >= 11 is 0. The summed E-state index contributed by atoms with van der Waals surface area (Å²) in [5.41, 5.74) is 8.83. The molecule has 0 saturated carbocycles. The van der Waals surface area contributed by atoms with E-state index in [9.17, 15) is 5.26 Å².